The van der Waals surface area contributed by atoms with Gasteiger partial charge in [-0.1, -0.05) is 0 Å². The van der Waals surface area contributed by atoms with E-state index in [9.17, 15) is 4.79 Å². The summed E-state index contributed by atoms with van der Waals surface area (Å²) in [5.74, 6) is 0.118. The van der Waals surface area contributed by atoms with Gasteiger partial charge in [-0.3, -0.25) is 4.79 Å². The maximum Gasteiger partial charge on any atom is 0.223 e. The molecule has 0 spiro atoms. The third kappa shape index (κ3) is 3.32. The van der Waals surface area contributed by atoms with Crippen molar-refractivity contribution < 1.29 is 14.6 Å². The maximum atomic E-state index is 11.5. The normalized spacial score (nSPS) is 21.1. The Balaban J connectivity index is 2.29. The van der Waals surface area contributed by atoms with E-state index in [2.05, 4.69) is 5.32 Å². The van der Waals surface area contributed by atoms with Crippen molar-refractivity contribution in [3.63, 3.8) is 0 Å². The van der Waals surface area contributed by atoms with Gasteiger partial charge in [-0.05, 0) is 19.8 Å². The zero-order valence-electron chi connectivity index (χ0n) is 7.95. The van der Waals surface area contributed by atoms with Gasteiger partial charge in [-0.2, -0.15) is 0 Å². The number of hydrogen-bond acceptors (Lipinski definition) is 3. The predicted octanol–water partition coefficient (Wildman–Crippen LogP) is -0.0900. The quantitative estimate of drug-likeness (QED) is 0.649. The lowest BCUT2D eigenvalue weighted by atomic mass is 9.99. The van der Waals surface area contributed by atoms with E-state index in [1.807, 2.05) is 0 Å². The van der Waals surface area contributed by atoms with Crippen molar-refractivity contribution in [3.05, 3.63) is 0 Å². The molecule has 2 N–H and O–H groups in total. The van der Waals surface area contributed by atoms with Gasteiger partial charge in [0.15, 0.2) is 0 Å². The zero-order chi connectivity index (χ0) is 9.68. The second-order valence-electron chi connectivity index (χ2n) is 3.48. The molecule has 0 saturated carbocycles. The minimum absolute atomic E-state index is 0.00500. The molecule has 1 atom stereocenters. The van der Waals surface area contributed by atoms with Crippen molar-refractivity contribution in [2.45, 2.75) is 25.8 Å². The van der Waals surface area contributed by atoms with Crippen molar-refractivity contribution in [1.82, 2.24) is 5.32 Å². The van der Waals surface area contributed by atoms with Crippen LogP contribution in [0.3, 0.4) is 0 Å². The molecule has 0 radical (unpaired) electrons. The fraction of sp³-hybridized carbons (Fsp3) is 0.889. The molecule has 1 aliphatic heterocycles. The van der Waals surface area contributed by atoms with Crippen LogP contribution >= 0.6 is 0 Å². The lowest BCUT2D eigenvalue weighted by molar-refractivity contribution is -0.128. The van der Waals surface area contributed by atoms with Gasteiger partial charge in [0.05, 0.1) is 6.61 Å². The summed E-state index contributed by atoms with van der Waals surface area (Å²) in [7, 11) is 0. The number of hydrogen-bond donors (Lipinski definition) is 2. The summed E-state index contributed by atoms with van der Waals surface area (Å²) in [4.78, 5) is 11.5. The third-order valence-corrected chi connectivity index (χ3v) is 2.25. The molecule has 1 fully saturated rings. The molecule has 1 amide bonds. The monoisotopic (exact) mass is 187 g/mol. The minimum atomic E-state index is -0.143. The van der Waals surface area contributed by atoms with Crippen LogP contribution in [0.25, 0.3) is 0 Å². The first kappa shape index (κ1) is 10.5. The number of ether oxygens (including phenoxy) is 1. The van der Waals surface area contributed by atoms with E-state index in [-0.39, 0.29) is 24.5 Å². The van der Waals surface area contributed by atoms with E-state index in [4.69, 9.17) is 9.84 Å². The third-order valence-electron chi connectivity index (χ3n) is 2.25. The molecule has 1 aliphatic rings. The van der Waals surface area contributed by atoms with Crippen molar-refractivity contribution >= 4 is 5.91 Å². The Morgan fingerprint density at radius 3 is 2.77 bits per heavy atom. The highest BCUT2D eigenvalue weighted by molar-refractivity contribution is 5.78. The number of aliphatic hydroxyl groups excluding tert-OH is 1. The number of aliphatic hydroxyl groups is 1. The summed E-state index contributed by atoms with van der Waals surface area (Å²) in [6.45, 7) is 3.13. The average molecular weight is 187 g/mol. The highest BCUT2D eigenvalue weighted by Gasteiger charge is 2.22. The van der Waals surface area contributed by atoms with E-state index in [1.165, 1.54) is 0 Å². The van der Waals surface area contributed by atoms with Crippen LogP contribution < -0.4 is 5.32 Å². The molecule has 4 nitrogen and oxygen atoms in total. The Hall–Kier alpha value is -0.610. The number of nitrogens with one attached hydrogen (secondary N) is 1. The summed E-state index contributed by atoms with van der Waals surface area (Å²) in [6, 6.07) is -0.143. The maximum absolute atomic E-state index is 11.5. The van der Waals surface area contributed by atoms with Crippen molar-refractivity contribution in [1.29, 1.82) is 0 Å². The van der Waals surface area contributed by atoms with Gasteiger partial charge in [0.25, 0.3) is 0 Å². The van der Waals surface area contributed by atoms with Gasteiger partial charge in [-0.15, -0.1) is 0 Å². The van der Waals surface area contributed by atoms with Gasteiger partial charge in [0.2, 0.25) is 5.91 Å². The Labute approximate surface area is 78.3 Å². The van der Waals surface area contributed by atoms with Gasteiger partial charge < -0.3 is 15.2 Å². The Morgan fingerprint density at radius 2 is 2.23 bits per heavy atom. The van der Waals surface area contributed by atoms with Crippen LogP contribution in [0, 0.1) is 5.92 Å². The van der Waals surface area contributed by atoms with Gasteiger partial charge >= 0.3 is 0 Å². The summed E-state index contributed by atoms with van der Waals surface area (Å²) in [5.41, 5.74) is 0. The molecule has 0 aromatic rings. The van der Waals surface area contributed by atoms with Crippen LogP contribution in [0.5, 0.6) is 0 Å². The number of carbonyl (C=O) groups is 1. The van der Waals surface area contributed by atoms with Crippen LogP contribution in [0.4, 0.5) is 0 Å². The van der Waals surface area contributed by atoms with E-state index in [0.717, 1.165) is 12.8 Å². The van der Waals surface area contributed by atoms with E-state index < -0.39 is 0 Å². The Morgan fingerprint density at radius 1 is 1.62 bits per heavy atom. The van der Waals surface area contributed by atoms with Crippen LogP contribution in [0.1, 0.15) is 19.8 Å². The summed E-state index contributed by atoms with van der Waals surface area (Å²) in [5, 5.41) is 11.5. The highest BCUT2D eigenvalue weighted by atomic mass is 16.5. The van der Waals surface area contributed by atoms with Gasteiger partial charge in [-0.25, -0.2) is 0 Å². The number of rotatable bonds is 3. The largest absolute Gasteiger partial charge is 0.394 e. The molecule has 76 valence electrons. The lowest BCUT2D eigenvalue weighted by Gasteiger charge is -2.22. The second-order valence-corrected chi connectivity index (χ2v) is 3.48. The van der Waals surface area contributed by atoms with Crippen molar-refractivity contribution in [2.75, 3.05) is 19.8 Å². The molecule has 1 rings (SSSR count). The first-order valence-corrected chi connectivity index (χ1v) is 4.73. The number of carbonyl (C=O) groups excluding carboxylic acids is 1. The minimum Gasteiger partial charge on any atom is -0.394 e. The topological polar surface area (TPSA) is 58.6 Å². The van der Waals surface area contributed by atoms with Crippen molar-refractivity contribution in [2.24, 2.45) is 5.92 Å². The smallest absolute Gasteiger partial charge is 0.223 e. The lowest BCUT2D eigenvalue weighted by Crippen LogP contribution is -2.40. The molecular formula is C9H17NO3. The molecule has 0 aliphatic carbocycles. The SMILES string of the molecule is C[C@@H](CO)NC(=O)C1CCOCC1. The van der Waals surface area contributed by atoms with Crippen LogP contribution in [0.15, 0.2) is 0 Å². The van der Waals surface area contributed by atoms with E-state index in [0.29, 0.717) is 13.2 Å². The molecule has 0 aromatic carbocycles. The Bertz CT molecular complexity index is 166. The number of amides is 1. The molecular weight excluding hydrogens is 170 g/mol. The summed E-state index contributed by atoms with van der Waals surface area (Å²) >= 11 is 0. The average Bonchev–Trinajstić information content (AvgIpc) is 2.19. The fourth-order valence-corrected chi connectivity index (χ4v) is 1.37. The predicted molar refractivity (Wildman–Crippen MR) is 48.2 cm³/mol. The van der Waals surface area contributed by atoms with Gasteiger partial charge in [0.1, 0.15) is 0 Å². The van der Waals surface area contributed by atoms with Crippen LogP contribution in [0.2, 0.25) is 0 Å². The van der Waals surface area contributed by atoms with Crippen LogP contribution in [-0.4, -0.2) is 36.9 Å². The van der Waals surface area contributed by atoms with Crippen LogP contribution in [-0.2, 0) is 9.53 Å². The molecule has 1 heterocycles. The molecule has 1 saturated heterocycles. The first-order valence-electron chi connectivity index (χ1n) is 4.73. The summed E-state index contributed by atoms with van der Waals surface area (Å²) in [6.07, 6.45) is 1.59. The molecule has 4 heteroatoms. The highest BCUT2D eigenvalue weighted by Crippen LogP contribution is 2.14. The van der Waals surface area contributed by atoms with Crippen molar-refractivity contribution in [3.8, 4) is 0 Å². The summed E-state index contributed by atoms with van der Waals surface area (Å²) < 4.78 is 5.15. The first-order chi connectivity index (χ1) is 6.24. The van der Waals surface area contributed by atoms with Gasteiger partial charge in [0, 0.05) is 25.2 Å². The Kier molecular flexibility index (Phi) is 4.18. The standard InChI is InChI=1S/C9H17NO3/c1-7(6-11)10-9(12)8-2-4-13-5-3-8/h7-8,11H,2-6H2,1H3,(H,10,12)/t7-/m0/s1. The molecule has 0 bridgehead atoms. The molecule has 0 unspecified atom stereocenters. The molecule has 0 aromatic heterocycles. The molecule has 13 heavy (non-hydrogen) atoms. The van der Waals surface area contributed by atoms with E-state index >= 15 is 0 Å². The van der Waals surface area contributed by atoms with E-state index in [1.54, 1.807) is 6.92 Å². The second kappa shape index (κ2) is 5.19. The fourth-order valence-electron chi connectivity index (χ4n) is 1.37. The zero-order valence-corrected chi connectivity index (χ0v) is 7.95.